The first-order chi connectivity index (χ1) is 10.1. The standard InChI is InChI=1S/C20H27N/c1-6-9-11-19-13-12-18(14-16(19)4)15-17(5)21-20(8-3)10-7-2/h1,9,11-14,20-21H,5,7-8,10,15H2,2-4H3/b11-9-. The first-order valence-electron chi connectivity index (χ1n) is 7.77. The van der Waals surface area contributed by atoms with Crippen LogP contribution >= 0.6 is 0 Å². The van der Waals surface area contributed by atoms with Gasteiger partial charge in [-0.05, 0) is 48.6 Å². The van der Waals surface area contributed by atoms with Gasteiger partial charge in [0.05, 0.1) is 0 Å². The number of aryl methyl sites for hydroxylation is 1. The minimum absolute atomic E-state index is 0.543. The van der Waals surface area contributed by atoms with Gasteiger partial charge in [0.25, 0.3) is 0 Å². The fourth-order valence-corrected chi connectivity index (χ4v) is 2.49. The van der Waals surface area contributed by atoms with Crippen LogP contribution < -0.4 is 5.32 Å². The van der Waals surface area contributed by atoms with Crippen LogP contribution in [0.25, 0.3) is 6.08 Å². The zero-order valence-corrected chi connectivity index (χ0v) is 13.6. The van der Waals surface area contributed by atoms with Crippen LogP contribution in [0.2, 0.25) is 0 Å². The molecular formula is C20H27N. The van der Waals surface area contributed by atoms with E-state index >= 15 is 0 Å². The lowest BCUT2D eigenvalue weighted by atomic mass is 10.0. The van der Waals surface area contributed by atoms with Gasteiger partial charge in [-0.1, -0.05) is 51.0 Å². The monoisotopic (exact) mass is 281 g/mol. The van der Waals surface area contributed by atoms with E-state index in [4.69, 9.17) is 6.42 Å². The lowest BCUT2D eigenvalue weighted by molar-refractivity contribution is 0.501. The third-order valence-corrected chi connectivity index (χ3v) is 3.65. The van der Waals surface area contributed by atoms with Crippen molar-refractivity contribution in [2.24, 2.45) is 0 Å². The quantitative estimate of drug-likeness (QED) is 0.671. The van der Waals surface area contributed by atoms with Gasteiger partial charge in [-0.2, -0.15) is 0 Å². The van der Waals surface area contributed by atoms with E-state index in [2.05, 4.69) is 56.8 Å². The molecule has 1 atom stereocenters. The Bertz CT molecular complexity index is 531. The van der Waals surface area contributed by atoms with E-state index in [0.29, 0.717) is 6.04 Å². The van der Waals surface area contributed by atoms with Crippen LogP contribution in [0.1, 0.15) is 49.8 Å². The maximum Gasteiger partial charge on any atom is 0.0255 e. The molecule has 0 aliphatic heterocycles. The summed E-state index contributed by atoms with van der Waals surface area (Å²) in [5.41, 5.74) is 4.80. The molecule has 0 aromatic heterocycles. The van der Waals surface area contributed by atoms with Gasteiger partial charge >= 0.3 is 0 Å². The van der Waals surface area contributed by atoms with E-state index in [1.807, 2.05) is 6.08 Å². The van der Waals surface area contributed by atoms with Crippen LogP contribution in [0.15, 0.2) is 36.6 Å². The Kier molecular flexibility index (Phi) is 7.40. The molecule has 0 saturated carbocycles. The summed E-state index contributed by atoms with van der Waals surface area (Å²) in [6.07, 6.45) is 13.4. The second-order valence-electron chi connectivity index (χ2n) is 5.51. The minimum Gasteiger partial charge on any atom is -0.386 e. The first-order valence-corrected chi connectivity index (χ1v) is 7.77. The van der Waals surface area contributed by atoms with Crippen molar-refractivity contribution in [3.05, 3.63) is 53.2 Å². The highest BCUT2D eigenvalue weighted by molar-refractivity contribution is 5.56. The summed E-state index contributed by atoms with van der Waals surface area (Å²) in [4.78, 5) is 0. The first kappa shape index (κ1) is 17.1. The zero-order valence-electron chi connectivity index (χ0n) is 13.6. The number of hydrogen-bond acceptors (Lipinski definition) is 1. The summed E-state index contributed by atoms with van der Waals surface area (Å²) in [5, 5.41) is 3.55. The highest BCUT2D eigenvalue weighted by Crippen LogP contribution is 2.15. The van der Waals surface area contributed by atoms with E-state index in [0.717, 1.165) is 18.5 Å². The second-order valence-corrected chi connectivity index (χ2v) is 5.51. The maximum absolute atomic E-state index is 5.25. The molecule has 1 nitrogen and oxygen atoms in total. The smallest absolute Gasteiger partial charge is 0.0255 e. The number of hydrogen-bond donors (Lipinski definition) is 1. The van der Waals surface area contributed by atoms with E-state index in [-0.39, 0.29) is 0 Å². The van der Waals surface area contributed by atoms with E-state index in [1.54, 1.807) is 6.08 Å². The summed E-state index contributed by atoms with van der Waals surface area (Å²) in [7, 11) is 0. The van der Waals surface area contributed by atoms with Crippen molar-refractivity contribution in [2.45, 2.75) is 52.5 Å². The molecule has 1 rings (SSSR count). The van der Waals surface area contributed by atoms with Crippen molar-refractivity contribution in [1.82, 2.24) is 5.32 Å². The molecule has 21 heavy (non-hydrogen) atoms. The van der Waals surface area contributed by atoms with Crippen molar-refractivity contribution in [3.63, 3.8) is 0 Å². The van der Waals surface area contributed by atoms with Crippen LogP contribution in [-0.4, -0.2) is 6.04 Å². The van der Waals surface area contributed by atoms with Gasteiger partial charge in [0.1, 0.15) is 0 Å². The molecule has 0 aliphatic rings. The average molecular weight is 281 g/mol. The van der Waals surface area contributed by atoms with Crippen molar-refractivity contribution >= 4 is 6.08 Å². The Hall–Kier alpha value is -1.94. The molecule has 0 heterocycles. The lowest BCUT2D eigenvalue weighted by Gasteiger charge is -2.19. The second kappa shape index (κ2) is 9.08. The van der Waals surface area contributed by atoms with E-state index < -0.39 is 0 Å². The van der Waals surface area contributed by atoms with Gasteiger partial charge in [0.15, 0.2) is 0 Å². The minimum atomic E-state index is 0.543. The molecule has 1 N–H and O–H groups in total. The van der Waals surface area contributed by atoms with Crippen molar-refractivity contribution < 1.29 is 0 Å². The number of allylic oxidation sites excluding steroid dienone is 2. The molecule has 0 aliphatic carbocycles. The molecular weight excluding hydrogens is 254 g/mol. The van der Waals surface area contributed by atoms with Gasteiger partial charge in [0, 0.05) is 18.2 Å². The molecule has 1 unspecified atom stereocenters. The third kappa shape index (κ3) is 5.92. The summed E-state index contributed by atoms with van der Waals surface area (Å²) in [5.74, 6) is 2.53. The Morgan fingerprint density at radius 3 is 2.76 bits per heavy atom. The summed E-state index contributed by atoms with van der Waals surface area (Å²) in [6, 6.07) is 7.02. The Balaban J connectivity index is 2.67. The molecule has 0 fully saturated rings. The SMILES string of the molecule is C#C/C=C\c1ccc(CC(=C)NC(CC)CCC)cc1C. The maximum atomic E-state index is 5.25. The predicted octanol–water partition coefficient (Wildman–Crippen LogP) is 4.87. The van der Waals surface area contributed by atoms with Gasteiger partial charge in [0.2, 0.25) is 0 Å². The van der Waals surface area contributed by atoms with Gasteiger partial charge in [-0.15, -0.1) is 6.42 Å². The Morgan fingerprint density at radius 2 is 2.19 bits per heavy atom. The summed E-state index contributed by atoms with van der Waals surface area (Å²) >= 11 is 0. The van der Waals surface area contributed by atoms with Crippen LogP contribution in [0.5, 0.6) is 0 Å². The van der Waals surface area contributed by atoms with Crippen molar-refractivity contribution in [1.29, 1.82) is 0 Å². The zero-order chi connectivity index (χ0) is 15.7. The fourth-order valence-electron chi connectivity index (χ4n) is 2.49. The Labute approximate surface area is 130 Å². The molecule has 112 valence electrons. The van der Waals surface area contributed by atoms with Gasteiger partial charge in [-0.3, -0.25) is 0 Å². The van der Waals surface area contributed by atoms with E-state index in [9.17, 15) is 0 Å². The average Bonchev–Trinajstić information content (AvgIpc) is 2.46. The van der Waals surface area contributed by atoms with Crippen LogP contribution in [-0.2, 0) is 6.42 Å². The largest absolute Gasteiger partial charge is 0.386 e. The predicted molar refractivity (Wildman–Crippen MR) is 94.0 cm³/mol. The molecule has 1 aromatic rings. The summed E-state index contributed by atoms with van der Waals surface area (Å²) < 4.78 is 0. The normalized spacial score (nSPS) is 12.1. The molecule has 0 bridgehead atoms. The van der Waals surface area contributed by atoms with E-state index in [1.165, 1.54) is 29.5 Å². The highest BCUT2D eigenvalue weighted by Gasteiger charge is 2.06. The lowest BCUT2D eigenvalue weighted by Crippen LogP contribution is -2.28. The molecule has 0 amide bonds. The number of rotatable bonds is 8. The Morgan fingerprint density at radius 1 is 1.43 bits per heavy atom. The van der Waals surface area contributed by atoms with Crippen LogP contribution in [0.4, 0.5) is 0 Å². The molecule has 1 heteroatoms. The van der Waals surface area contributed by atoms with Gasteiger partial charge < -0.3 is 5.32 Å². The molecule has 1 aromatic carbocycles. The molecule has 0 saturated heterocycles. The third-order valence-electron chi connectivity index (χ3n) is 3.65. The molecule has 0 radical (unpaired) electrons. The molecule has 0 spiro atoms. The van der Waals surface area contributed by atoms with Crippen LogP contribution in [0, 0.1) is 19.3 Å². The van der Waals surface area contributed by atoms with Crippen molar-refractivity contribution in [3.8, 4) is 12.3 Å². The fraction of sp³-hybridized carbons (Fsp3) is 0.400. The van der Waals surface area contributed by atoms with Crippen molar-refractivity contribution in [2.75, 3.05) is 0 Å². The topological polar surface area (TPSA) is 12.0 Å². The summed E-state index contributed by atoms with van der Waals surface area (Å²) in [6.45, 7) is 10.7. The highest BCUT2D eigenvalue weighted by atomic mass is 14.9. The number of benzene rings is 1. The van der Waals surface area contributed by atoms with Gasteiger partial charge in [-0.25, -0.2) is 0 Å². The number of terminal acetylenes is 1. The number of nitrogens with one attached hydrogen (secondary N) is 1. The van der Waals surface area contributed by atoms with Crippen LogP contribution in [0.3, 0.4) is 0 Å².